The monoisotopic (exact) mass is 177 g/mol. The Balaban J connectivity index is 3.23. The summed E-state index contributed by atoms with van der Waals surface area (Å²) in [6.07, 6.45) is 0.448. The van der Waals surface area contributed by atoms with Crippen LogP contribution in [-0.2, 0) is 0 Å². The Morgan fingerprint density at radius 1 is 1.46 bits per heavy atom. The molecule has 1 aromatic carbocycles. The van der Waals surface area contributed by atoms with E-state index < -0.39 is 0 Å². The van der Waals surface area contributed by atoms with E-state index in [2.05, 4.69) is 5.18 Å². The first-order valence-corrected chi connectivity index (χ1v) is 4.16. The summed E-state index contributed by atoms with van der Waals surface area (Å²) in [6, 6.07) is 5.00. The Morgan fingerprint density at radius 2 is 2.15 bits per heavy atom. The molecule has 13 heavy (non-hydrogen) atoms. The summed E-state index contributed by atoms with van der Waals surface area (Å²) in [6.45, 7) is 3.53. The zero-order valence-corrected chi connectivity index (χ0v) is 7.70. The van der Waals surface area contributed by atoms with Gasteiger partial charge in [-0.3, -0.25) is 4.79 Å². The number of nitroso groups, excluding NO2 is 1. The number of nitrogens with zero attached hydrogens (tertiary/aromatic N) is 1. The summed E-state index contributed by atoms with van der Waals surface area (Å²) in [7, 11) is 0. The third-order valence-corrected chi connectivity index (χ3v) is 2.03. The molecular weight excluding hydrogens is 166 g/mol. The summed E-state index contributed by atoms with van der Waals surface area (Å²) < 4.78 is 0. The predicted octanol–water partition coefficient (Wildman–Crippen LogP) is 2.99. The van der Waals surface area contributed by atoms with Crippen molar-refractivity contribution in [3.05, 3.63) is 34.2 Å². The Bertz CT molecular complexity index is 345. The van der Waals surface area contributed by atoms with Crippen molar-refractivity contribution in [2.45, 2.75) is 20.3 Å². The highest BCUT2D eigenvalue weighted by Gasteiger charge is 2.09. The fraction of sp³-hybridized carbons (Fsp3) is 0.300. The van der Waals surface area contributed by atoms with Crippen LogP contribution < -0.4 is 0 Å². The molecule has 0 aliphatic carbocycles. The molecule has 0 saturated carbocycles. The second-order valence-electron chi connectivity index (χ2n) is 2.82. The van der Waals surface area contributed by atoms with Crippen LogP contribution in [0.5, 0.6) is 0 Å². The van der Waals surface area contributed by atoms with Crippen molar-refractivity contribution >= 4 is 11.5 Å². The summed E-state index contributed by atoms with van der Waals surface area (Å²) in [5, 5.41) is 2.85. The Labute approximate surface area is 76.7 Å². The maximum Gasteiger partial charge on any atom is 0.162 e. The predicted molar refractivity (Wildman–Crippen MR) is 51.3 cm³/mol. The molecule has 0 N–H and O–H groups in total. The van der Waals surface area contributed by atoms with E-state index in [4.69, 9.17) is 0 Å². The summed E-state index contributed by atoms with van der Waals surface area (Å²) in [4.78, 5) is 21.7. The summed E-state index contributed by atoms with van der Waals surface area (Å²) >= 11 is 0. The van der Waals surface area contributed by atoms with E-state index in [9.17, 15) is 9.70 Å². The molecule has 0 aliphatic heterocycles. The lowest BCUT2D eigenvalue weighted by atomic mass is 10.0. The standard InChI is InChI=1S/C10H11NO2/c1-3-10(12)8-5-4-6-9(11-13)7(8)2/h4-6H,3H2,1-2H3. The molecule has 0 saturated heterocycles. The number of ketones is 1. The zero-order valence-electron chi connectivity index (χ0n) is 7.70. The average molecular weight is 177 g/mol. The van der Waals surface area contributed by atoms with E-state index in [0.717, 1.165) is 0 Å². The highest BCUT2D eigenvalue weighted by atomic mass is 16.3. The van der Waals surface area contributed by atoms with Crippen LogP contribution in [0.4, 0.5) is 5.69 Å². The van der Waals surface area contributed by atoms with Gasteiger partial charge in [-0.2, -0.15) is 0 Å². The molecule has 0 heterocycles. The van der Waals surface area contributed by atoms with Gasteiger partial charge in [0, 0.05) is 12.0 Å². The van der Waals surface area contributed by atoms with E-state index in [0.29, 0.717) is 23.2 Å². The second-order valence-corrected chi connectivity index (χ2v) is 2.82. The van der Waals surface area contributed by atoms with Gasteiger partial charge < -0.3 is 0 Å². The molecule has 0 amide bonds. The molecule has 0 radical (unpaired) electrons. The topological polar surface area (TPSA) is 46.5 Å². The van der Waals surface area contributed by atoms with Gasteiger partial charge in [-0.25, -0.2) is 0 Å². The van der Waals surface area contributed by atoms with Gasteiger partial charge in [0.2, 0.25) is 0 Å². The van der Waals surface area contributed by atoms with Gasteiger partial charge in [0.1, 0.15) is 5.69 Å². The van der Waals surface area contributed by atoms with Gasteiger partial charge in [-0.1, -0.05) is 19.1 Å². The van der Waals surface area contributed by atoms with E-state index in [1.54, 1.807) is 32.0 Å². The minimum atomic E-state index is 0.0444. The van der Waals surface area contributed by atoms with E-state index >= 15 is 0 Å². The first kappa shape index (κ1) is 9.58. The lowest BCUT2D eigenvalue weighted by Crippen LogP contribution is -1.99. The highest BCUT2D eigenvalue weighted by Crippen LogP contribution is 2.22. The van der Waals surface area contributed by atoms with Crippen LogP contribution in [0.2, 0.25) is 0 Å². The number of carbonyl (C=O) groups is 1. The van der Waals surface area contributed by atoms with Gasteiger partial charge in [0.15, 0.2) is 5.78 Å². The van der Waals surface area contributed by atoms with Gasteiger partial charge in [0.05, 0.1) is 0 Å². The number of carbonyl (C=O) groups excluding carboxylic acids is 1. The zero-order chi connectivity index (χ0) is 9.84. The minimum Gasteiger partial charge on any atom is -0.294 e. The van der Waals surface area contributed by atoms with Gasteiger partial charge in [-0.15, -0.1) is 4.91 Å². The number of Topliss-reactive ketones (excluding diaryl/α,β-unsaturated/α-hetero) is 1. The minimum absolute atomic E-state index is 0.0444. The number of hydrogen-bond donors (Lipinski definition) is 0. The van der Waals surface area contributed by atoms with Crippen LogP contribution in [0.15, 0.2) is 23.4 Å². The van der Waals surface area contributed by atoms with Gasteiger partial charge in [0.25, 0.3) is 0 Å². The third-order valence-electron chi connectivity index (χ3n) is 2.03. The van der Waals surface area contributed by atoms with E-state index in [1.807, 2.05) is 0 Å². The Morgan fingerprint density at radius 3 is 2.69 bits per heavy atom. The van der Waals surface area contributed by atoms with Crippen molar-refractivity contribution < 1.29 is 4.79 Å². The van der Waals surface area contributed by atoms with Crippen molar-refractivity contribution in [1.29, 1.82) is 0 Å². The van der Waals surface area contributed by atoms with Gasteiger partial charge >= 0.3 is 0 Å². The van der Waals surface area contributed by atoms with Crippen LogP contribution in [0, 0.1) is 11.8 Å². The molecule has 3 heteroatoms. The van der Waals surface area contributed by atoms with Crippen LogP contribution in [0.25, 0.3) is 0 Å². The second kappa shape index (κ2) is 3.94. The molecule has 1 aromatic rings. The molecule has 0 aliphatic rings. The lowest BCUT2D eigenvalue weighted by molar-refractivity contribution is 0.0987. The van der Waals surface area contributed by atoms with Crippen LogP contribution >= 0.6 is 0 Å². The van der Waals surface area contributed by atoms with Crippen LogP contribution in [0.3, 0.4) is 0 Å². The van der Waals surface area contributed by atoms with E-state index in [1.165, 1.54) is 0 Å². The fourth-order valence-electron chi connectivity index (χ4n) is 1.21. The van der Waals surface area contributed by atoms with Crippen molar-refractivity contribution in [2.75, 3.05) is 0 Å². The molecular formula is C10H11NO2. The largest absolute Gasteiger partial charge is 0.294 e. The average Bonchev–Trinajstić information content (AvgIpc) is 2.17. The third kappa shape index (κ3) is 1.80. The van der Waals surface area contributed by atoms with Crippen LogP contribution in [-0.4, -0.2) is 5.78 Å². The lowest BCUT2D eigenvalue weighted by Gasteiger charge is -2.03. The van der Waals surface area contributed by atoms with Crippen molar-refractivity contribution in [2.24, 2.45) is 5.18 Å². The molecule has 0 aromatic heterocycles. The maximum absolute atomic E-state index is 11.4. The van der Waals surface area contributed by atoms with Crippen molar-refractivity contribution in [3.63, 3.8) is 0 Å². The first-order chi connectivity index (χ1) is 6.20. The van der Waals surface area contributed by atoms with E-state index in [-0.39, 0.29) is 5.78 Å². The first-order valence-electron chi connectivity index (χ1n) is 4.16. The SMILES string of the molecule is CCC(=O)c1cccc(N=O)c1C. The molecule has 68 valence electrons. The molecule has 0 atom stereocenters. The molecule has 0 spiro atoms. The highest BCUT2D eigenvalue weighted by molar-refractivity contribution is 5.98. The molecule has 0 fully saturated rings. The number of benzene rings is 1. The molecule has 3 nitrogen and oxygen atoms in total. The molecule has 0 bridgehead atoms. The quantitative estimate of drug-likeness (QED) is 0.526. The normalized spacial score (nSPS) is 9.69. The molecule has 1 rings (SSSR count). The summed E-state index contributed by atoms with van der Waals surface area (Å²) in [5.74, 6) is 0.0444. The Hall–Kier alpha value is -1.51. The van der Waals surface area contributed by atoms with Crippen molar-refractivity contribution in [3.8, 4) is 0 Å². The van der Waals surface area contributed by atoms with Crippen molar-refractivity contribution in [1.82, 2.24) is 0 Å². The van der Waals surface area contributed by atoms with Gasteiger partial charge in [-0.05, 0) is 23.7 Å². The number of rotatable bonds is 3. The maximum atomic E-state index is 11.4. The number of hydrogen-bond acceptors (Lipinski definition) is 3. The smallest absolute Gasteiger partial charge is 0.162 e. The summed E-state index contributed by atoms with van der Waals surface area (Å²) in [5.41, 5.74) is 1.61. The molecule has 0 unspecified atom stereocenters. The Kier molecular flexibility index (Phi) is 2.90. The fourth-order valence-corrected chi connectivity index (χ4v) is 1.21. The van der Waals surface area contributed by atoms with Crippen LogP contribution in [0.1, 0.15) is 29.3 Å².